The van der Waals surface area contributed by atoms with E-state index in [1.165, 1.54) is 0 Å². The SMILES string of the molecule is C[C@H](NCCSC(F)(F)F)c1ccncc1. The van der Waals surface area contributed by atoms with Gasteiger partial charge in [0.25, 0.3) is 0 Å². The second-order valence-electron chi connectivity index (χ2n) is 3.25. The third-order valence-corrected chi connectivity index (χ3v) is 2.76. The second-order valence-corrected chi connectivity index (χ2v) is 4.41. The van der Waals surface area contributed by atoms with Gasteiger partial charge in [0.05, 0.1) is 0 Å². The first-order chi connectivity index (χ1) is 7.49. The molecule has 0 bridgehead atoms. The van der Waals surface area contributed by atoms with E-state index in [0.29, 0.717) is 6.54 Å². The molecule has 2 nitrogen and oxygen atoms in total. The molecular formula is C10H13F3N2S. The van der Waals surface area contributed by atoms with E-state index in [4.69, 9.17) is 0 Å². The largest absolute Gasteiger partial charge is 0.441 e. The molecule has 0 spiro atoms. The number of hydrogen-bond acceptors (Lipinski definition) is 3. The number of nitrogens with one attached hydrogen (secondary N) is 1. The van der Waals surface area contributed by atoms with Crippen LogP contribution in [0.4, 0.5) is 13.2 Å². The van der Waals surface area contributed by atoms with Crippen molar-refractivity contribution in [2.24, 2.45) is 0 Å². The molecule has 6 heteroatoms. The summed E-state index contributed by atoms with van der Waals surface area (Å²) < 4.78 is 35.5. The van der Waals surface area contributed by atoms with Crippen LogP contribution in [0, 0.1) is 0 Å². The maximum atomic E-state index is 11.8. The molecule has 0 aliphatic carbocycles. The van der Waals surface area contributed by atoms with Crippen LogP contribution in [0.1, 0.15) is 18.5 Å². The molecule has 16 heavy (non-hydrogen) atoms. The molecule has 0 aromatic carbocycles. The number of pyridine rings is 1. The molecule has 1 atom stereocenters. The van der Waals surface area contributed by atoms with E-state index in [-0.39, 0.29) is 23.6 Å². The van der Waals surface area contributed by atoms with Crippen LogP contribution in [0.15, 0.2) is 24.5 Å². The van der Waals surface area contributed by atoms with E-state index in [9.17, 15) is 13.2 Å². The molecule has 1 aromatic heterocycles. The lowest BCUT2D eigenvalue weighted by atomic mass is 10.1. The molecule has 0 saturated carbocycles. The quantitative estimate of drug-likeness (QED) is 0.813. The van der Waals surface area contributed by atoms with Gasteiger partial charge in [0.1, 0.15) is 0 Å². The predicted octanol–water partition coefficient (Wildman–Crippen LogP) is 2.99. The van der Waals surface area contributed by atoms with Crippen LogP contribution < -0.4 is 5.32 Å². The van der Waals surface area contributed by atoms with E-state index in [2.05, 4.69) is 10.3 Å². The van der Waals surface area contributed by atoms with Crippen molar-refractivity contribution in [2.45, 2.75) is 18.5 Å². The summed E-state index contributed by atoms with van der Waals surface area (Å²) in [4.78, 5) is 3.88. The average Bonchev–Trinajstić information content (AvgIpc) is 2.24. The van der Waals surface area contributed by atoms with Gasteiger partial charge < -0.3 is 5.32 Å². The summed E-state index contributed by atoms with van der Waals surface area (Å²) in [6, 6.07) is 3.72. The van der Waals surface area contributed by atoms with Crippen molar-refractivity contribution in [2.75, 3.05) is 12.3 Å². The molecule has 1 N–H and O–H groups in total. The standard InChI is InChI=1S/C10H13F3N2S/c1-8(9-2-4-14-5-3-9)15-6-7-16-10(11,12)13/h2-5,8,15H,6-7H2,1H3/t8-/m0/s1. The Balaban J connectivity index is 2.24. The van der Waals surface area contributed by atoms with Crippen molar-refractivity contribution in [1.82, 2.24) is 10.3 Å². The van der Waals surface area contributed by atoms with E-state index < -0.39 is 5.51 Å². The Kier molecular flexibility index (Phi) is 5.08. The van der Waals surface area contributed by atoms with Gasteiger partial charge in [-0.25, -0.2) is 0 Å². The highest BCUT2D eigenvalue weighted by Crippen LogP contribution is 2.29. The molecule has 0 aliphatic rings. The Labute approximate surface area is 96.6 Å². The fraction of sp³-hybridized carbons (Fsp3) is 0.500. The Morgan fingerprint density at radius 1 is 1.38 bits per heavy atom. The maximum absolute atomic E-state index is 11.8. The normalized spacial score (nSPS) is 13.8. The van der Waals surface area contributed by atoms with Gasteiger partial charge in [0, 0.05) is 30.7 Å². The van der Waals surface area contributed by atoms with E-state index in [1.807, 2.05) is 19.1 Å². The van der Waals surface area contributed by atoms with Crippen LogP contribution >= 0.6 is 11.8 Å². The van der Waals surface area contributed by atoms with Crippen LogP contribution in [0.25, 0.3) is 0 Å². The fourth-order valence-electron chi connectivity index (χ4n) is 1.21. The molecule has 1 aromatic rings. The van der Waals surface area contributed by atoms with Gasteiger partial charge in [-0.05, 0) is 36.4 Å². The fourth-order valence-corrected chi connectivity index (χ4v) is 1.66. The van der Waals surface area contributed by atoms with Crippen LogP contribution in [0.3, 0.4) is 0 Å². The van der Waals surface area contributed by atoms with E-state index >= 15 is 0 Å². The predicted molar refractivity (Wildman–Crippen MR) is 59.2 cm³/mol. The third-order valence-electron chi connectivity index (χ3n) is 2.02. The lowest BCUT2D eigenvalue weighted by Crippen LogP contribution is -2.22. The molecule has 0 unspecified atom stereocenters. The van der Waals surface area contributed by atoms with E-state index in [1.54, 1.807) is 12.4 Å². The molecule has 0 amide bonds. The topological polar surface area (TPSA) is 24.9 Å². The van der Waals surface area contributed by atoms with Crippen molar-refractivity contribution in [1.29, 1.82) is 0 Å². The number of alkyl halides is 3. The number of rotatable bonds is 5. The van der Waals surface area contributed by atoms with Gasteiger partial charge in [-0.15, -0.1) is 0 Å². The molecule has 0 saturated heterocycles. The number of aromatic nitrogens is 1. The number of halogens is 3. The lowest BCUT2D eigenvalue weighted by molar-refractivity contribution is -0.0327. The molecule has 0 fully saturated rings. The Hall–Kier alpha value is -0.750. The van der Waals surface area contributed by atoms with Gasteiger partial charge in [0.15, 0.2) is 0 Å². The van der Waals surface area contributed by atoms with Crippen molar-refractivity contribution < 1.29 is 13.2 Å². The van der Waals surface area contributed by atoms with Gasteiger partial charge in [-0.1, -0.05) is 0 Å². The minimum atomic E-state index is -4.14. The Morgan fingerprint density at radius 2 is 2.00 bits per heavy atom. The summed E-state index contributed by atoms with van der Waals surface area (Å²) >= 11 is -0.00410. The molecule has 0 aliphatic heterocycles. The summed E-state index contributed by atoms with van der Waals surface area (Å²) in [6.45, 7) is 2.24. The zero-order chi connectivity index (χ0) is 12.0. The highest BCUT2D eigenvalue weighted by molar-refractivity contribution is 8.00. The van der Waals surface area contributed by atoms with Crippen LogP contribution in [0.2, 0.25) is 0 Å². The third kappa shape index (κ3) is 5.37. The van der Waals surface area contributed by atoms with Crippen LogP contribution in [0.5, 0.6) is 0 Å². The van der Waals surface area contributed by atoms with Gasteiger partial charge in [-0.2, -0.15) is 13.2 Å². The number of nitrogens with zero attached hydrogens (tertiary/aromatic N) is 1. The van der Waals surface area contributed by atoms with Crippen LogP contribution in [-0.4, -0.2) is 22.8 Å². The lowest BCUT2D eigenvalue weighted by Gasteiger charge is -2.14. The summed E-state index contributed by atoms with van der Waals surface area (Å²) in [5.74, 6) is 0.0267. The summed E-state index contributed by atoms with van der Waals surface area (Å²) in [7, 11) is 0. The summed E-state index contributed by atoms with van der Waals surface area (Å²) in [6.07, 6.45) is 3.33. The monoisotopic (exact) mass is 250 g/mol. The highest BCUT2D eigenvalue weighted by atomic mass is 32.2. The highest BCUT2D eigenvalue weighted by Gasteiger charge is 2.27. The van der Waals surface area contributed by atoms with Gasteiger partial charge in [0.2, 0.25) is 0 Å². The van der Waals surface area contributed by atoms with Crippen molar-refractivity contribution in [3.8, 4) is 0 Å². The van der Waals surface area contributed by atoms with E-state index in [0.717, 1.165) is 5.56 Å². The molecule has 90 valence electrons. The minimum Gasteiger partial charge on any atom is -0.309 e. The first kappa shape index (κ1) is 13.3. The van der Waals surface area contributed by atoms with Crippen molar-refractivity contribution >= 4 is 11.8 Å². The first-order valence-electron chi connectivity index (χ1n) is 4.83. The molecule has 1 rings (SSSR count). The van der Waals surface area contributed by atoms with Crippen molar-refractivity contribution in [3.05, 3.63) is 30.1 Å². The second kappa shape index (κ2) is 6.10. The number of hydrogen-bond donors (Lipinski definition) is 1. The van der Waals surface area contributed by atoms with Crippen molar-refractivity contribution in [3.63, 3.8) is 0 Å². The molecule has 1 heterocycles. The number of thioether (sulfide) groups is 1. The molecular weight excluding hydrogens is 237 g/mol. The minimum absolute atomic E-state index is 0.00410. The zero-order valence-corrected chi connectivity index (χ0v) is 9.61. The maximum Gasteiger partial charge on any atom is 0.441 e. The Bertz CT molecular complexity index is 303. The average molecular weight is 250 g/mol. The Morgan fingerprint density at radius 3 is 2.56 bits per heavy atom. The van der Waals surface area contributed by atoms with Gasteiger partial charge >= 0.3 is 5.51 Å². The summed E-state index contributed by atoms with van der Waals surface area (Å²) in [5.41, 5.74) is -3.12. The van der Waals surface area contributed by atoms with Crippen LogP contribution in [-0.2, 0) is 0 Å². The van der Waals surface area contributed by atoms with Gasteiger partial charge in [-0.3, -0.25) is 4.98 Å². The summed E-state index contributed by atoms with van der Waals surface area (Å²) in [5, 5.41) is 3.02. The smallest absolute Gasteiger partial charge is 0.309 e. The zero-order valence-electron chi connectivity index (χ0n) is 8.79. The first-order valence-corrected chi connectivity index (χ1v) is 5.81. The molecule has 0 radical (unpaired) electrons.